The summed E-state index contributed by atoms with van der Waals surface area (Å²) >= 11 is 0. The van der Waals surface area contributed by atoms with E-state index in [0.717, 1.165) is 49.4 Å². The quantitative estimate of drug-likeness (QED) is 0.915. The zero-order chi connectivity index (χ0) is 16.5. The molecule has 6 nitrogen and oxygen atoms in total. The van der Waals surface area contributed by atoms with Gasteiger partial charge in [0, 0.05) is 25.6 Å². The summed E-state index contributed by atoms with van der Waals surface area (Å²) in [5.74, 6) is 1.56. The van der Waals surface area contributed by atoms with Gasteiger partial charge in [-0.05, 0) is 37.0 Å². The van der Waals surface area contributed by atoms with Crippen molar-refractivity contribution in [2.75, 3.05) is 0 Å². The topological polar surface area (TPSA) is 63.1 Å². The van der Waals surface area contributed by atoms with Gasteiger partial charge in [0.05, 0.1) is 6.54 Å². The third kappa shape index (κ3) is 3.11. The van der Waals surface area contributed by atoms with Crippen LogP contribution in [0, 0.1) is 5.82 Å². The first-order valence-corrected chi connectivity index (χ1v) is 8.40. The molecular weight excluding hydrogens is 309 g/mol. The van der Waals surface area contributed by atoms with Gasteiger partial charge < -0.3 is 14.8 Å². The van der Waals surface area contributed by atoms with Crippen LogP contribution in [-0.2, 0) is 26.1 Å². The van der Waals surface area contributed by atoms with E-state index in [-0.39, 0.29) is 17.9 Å². The van der Waals surface area contributed by atoms with E-state index in [1.807, 2.05) is 4.90 Å². The van der Waals surface area contributed by atoms with Gasteiger partial charge in [-0.3, -0.25) is 0 Å². The Kier molecular flexibility index (Phi) is 3.92. The Labute approximate surface area is 139 Å². The fourth-order valence-corrected chi connectivity index (χ4v) is 3.14. The summed E-state index contributed by atoms with van der Waals surface area (Å²) in [4.78, 5) is 14.4. The Morgan fingerprint density at radius 2 is 2.08 bits per heavy atom. The van der Waals surface area contributed by atoms with Gasteiger partial charge in [0.2, 0.25) is 0 Å². The van der Waals surface area contributed by atoms with Crippen LogP contribution in [0.2, 0.25) is 0 Å². The highest BCUT2D eigenvalue weighted by Crippen LogP contribution is 2.28. The number of carbonyl (C=O) groups is 1. The zero-order valence-corrected chi connectivity index (χ0v) is 13.4. The van der Waals surface area contributed by atoms with Gasteiger partial charge in [-0.25, -0.2) is 9.18 Å². The molecule has 1 N–H and O–H groups in total. The highest BCUT2D eigenvalue weighted by molar-refractivity contribution is 5.74. The first-order chi connectivity index (χ1) is 11.7. The van der Waals surface area contributed by atoms with Crippen molar-refractivity contribution in [1.82, 2.24) is 25.0 Å². The standard InChI is InChI=1S/C17H20FN5O/c18-13-5-3-12(4-6-13)11-23(14-7-8-14)17(24)19-10-16-21-20-15-2-1-9-22(15)16/h3-6,14H,1-2,7-11H2,(H,19,24). The summed E-state index contributed by atoms with van der Waals surface area (Å²) in [5, 5.41) is 11.3. The van der Waals surface area contributed by atoms with Crippen molar-refractivity contribution in [1.29, 1.82) is 0 Å². The molecule has 126 valence electrons. The largest absolute Gasteiger partial charge is 0.331 e. The summed E-state index contributed by atoms with van der Waals surface area (Å²) in [5.41, 5.74) is 0.932. The van der Waals surface area contributed by atoms with Gasteiger partial charge in [-0.1, -0.05) is 12.1 Å². The normalized spacial score (nSPS) is 16.0. The molecule has 0 unspecified atom stereocenters. The molecule has 0 radical (unpaired) electrons. The van der Waals surface area contributed by atoms with Crippen LogP contribution >= 0.6 is 0 Å². The van der Waals surface area contributed by atoms with Crippen LogP contribution in [0.5, 0.6) is 0 Å². The van der Waals surface area contributed by atoms with Gasteiger partial charge in [0.15, 0.2) is 5.82 Å². The fourth-order valence-electron chi connectivity index (χ4n) is 3.14. The minimum Gasteiger partial charge on any atom is -0.331 e. The molecule has 2 aliphatic rings. The summed E-state index contributed by atoms with van der Waals surface area (Å²) in [6, 6.07) is 6.49. The van der Waals surface area contributed by atoms with Gasteiger partial charge in [0.25, 0.3) is 0 Å². The van der Waals surface area contributed by atoms with Gasteiger partial charge >= 0.3 is 6.03 Å². The van der Waals surface area contributed by atoms with Crippen molar-refractivity contribution in [3.63, 3.8) is 0 Å². The number of fused-ring (bicyclic) bond motifs is 1. The lowest BCUT2D eigenvalue weighted by atomic mass is 10.2. The number of carbonyl (C=O) groups excluding carboxylic acids is 1. The number of nitrogens with zero attached hydrogens (tertiary/aromatic N) is 4. The Bertz CT molecular complexity index is 738. The summed E-state index contributed by atoms with van der Waals surface area (Å²) in [7, 11) is 0. The lowest BCUT2D eigenvalue weighted by molar-refractivity contribution is 0.191. The molecule has 2 amide bonds. The fraction of sp³-hybridized carbons (Fsp3) is 0.471. The van der Waals surface area contributed by atoms with Crippen molar-refractivity contribution in [2.45, 2.75) is 51.4 Å². The molecule has 1 aromatic carbocycles. The number of halogens is 1. The Balaban J connectivity index is 1.39. The smallest absolute Gasteiger partial charge is 0.318 e. The molecule has 0 bridgehead atoms. The molecule has 1 aliphatic heterocycles. The maximum Gasteiger partial charge on any atom is 0.318 e. The lowest BCUT2D eigenvalue weighted by Gasteiger charge is -2.23. The number of hydrogen-bond donors (Lipinski definition) is 1. The van der Waals surface area contributed by atoms with Crippen molar-refractivity contribution in [2.24, 2.45) is 0 Å². The van der Waals surface area contributed by atoms with Crippen molar-refractivity contribution in [3.05, 3.63) is 47.3 Å². The van der Waals surface area contributed by atoms with Gasteiger partial charge in [0.1, 0.15) is 11.6 Å². The average molecular weight is 329 g/mol. The molecule has 1 fully saturated rings. The molecule has 0 atom stereocenters. The summed E-state index contributed by atoms with van der Waals surface area (Å²) in [6.07, 6.45) is 4.09. The molecule has 2 heterocycles. The number of nitrogens with one attached hydrogen (secondary N) is 1. The van der Waals surface area contributed by atoms with Crippen LogP contribution in [-0.4, -0.2) is 31.7 Å². The number of benzene rings is 1. The zero-order valence-electron chi connectivity index (χ0n) is 13.4. The van der Waals surface area contributed by atoms with Crippen LogP contribution in [0.15, 0.2) is 24.3 Å². The third-order valence-electron chi connectivity index (χ3n) is 4.60. The van der Waals surface area contributed by atoms with E-state index < -0.39 is 0 Å². The molecule has 1 aromatic heterocycles. The monoisotopic (exact) mass is 329 g/mol. The van der Waals surface area contributed by atoms with E-state index in [2.05, 4.69) is 20.1 Å². The van der Waals surface area contributed by atoms with E-state index >= 15 is 0 Å². The number of aromatic nitrogens is 3. The average Bonchev–Trinajstić information content (AvgIpc) is 3.18. The second-order valence-corrected chi connectivity index (χ2v) is 6.43. The second-order valence-electron chi connectivity index (χ2n) is 6.43. The van der Waals surface area contributed by atoms with Crippen molar-refractivity contribution >= 4 is 6.03 Å². The number of aryl methyl sites for hydroxylation is 1. The highest BCUT2D eigenvalue weighted by atomic mass is 19.1. The van der Waals surface area contributed by atoms with Gasteiger partial charge in [-0.15, -0.1) is 10.2 Å². The van der Waals surface area contributed by atoms with E-state index in [1.165, 1.54) is 12.1 Å². The predicted octanol–water partition coefficient (Wildman–Crippen LogP) is 2.24. The van der Waals surface area contributed by atoms with Crippen molar-refractivity contribution in [3.8, 4) is 0 Å². The maximum absolute atomic E-state index is 13.0. The molecule has 24 heavy (non-hydrogen) atoms. The molecule has 0 saturated heterocycles. The number of amides is 2. The SMILES string of the molecule is O=C(NCc1nnc2n1CCC2)N(Cc1ccc(F)cc1)C1CC1. The molecule has 0 spiro atoms. The third-order valence-corrected chi connectivity index (χ3v) is 4.60. The van der Waals surface area contributed by atoms with E-state index in [0.29, 0.717) is 13.1 Å². The van der Waals surface area contributed by atoms with Crippen LogP contribution in [0.3, 0.4) is 0 Å². The van der Waals surface area contributed by atoms with Crippen LogP contribution in [0.1, 0.15) is 36.5 Å². The van der Waals surface area contributed by atoms with Crippen LogP contribution in [0.25, 0.3) is 0 Å². The van der Waals surface area contributed by atoms with Crippen LogP contribution < -0.4 is 5.32 Å². The maximum atomic E-state index is 13.0. The molecule has 2 aromatic rings. The minimum atomic E-state index is -0.262. The second kappa shape index (κ2) is 6.22. The first kappa shape index (κ1) is 15.1. The van der Waals surface area contributed by atoms with E-state index in [4.69, 9.17) is 0 Å². The minimum absolute atomic E-state index is 0.0998. The molecule has 1 saturated carbocycles. The molecule has 4 rings (SSSR count). The molecular formula is C17H20FN5O. The van der Waals surface area contributed by atoms with Crippen molar-refractivity contribution < 1.29 is 9.18 Å². The van der Waals surface area contributed by atoms with E-state index in [1.54, 1.807) is 12.1 Å². The lowest BCUT2D eigenvalue weighted by Crippen LogP contribution is -2.41. The number of urea groups is 1. The molecule has 1 aliphatic carbocycles. The Hall–Kier alpha value is -2.44. The first-order valence-electron chi connectivity index (χ1n) is 8.40. The highest BCUT2D eigenvalue weighted by Gasteiger charge is 2.32. The number of rotatable bonds is 5. The Morgan fingerprint density at radius 3 is 2.83 bits per heavy atom. The van der Waals surface area contributed by atoms with Gasteiger partial charge in [-0.2, -0.15) is 0 Å². The van der Waals surface area contributed by atoms with E-state index in [9.17, 15) is 9.18 Å². The molecule has 7 heteroatoms. The van der Waals surface area contributed by atoms with Crippen LogP contribution in [0.4, 0.5) is 9.18 Å². The number of hydrogen-bond acceptors (Lipinski definition) is 3. The Morgan fingerprint density at radius 1 is 1.29 bits per heavy atom. The predicted molar refractivity (Wildman–Crippen MR) is 85.5 cm³/mol. The summed E-state index contributed by atoms with van der Waals surface area (Å²) < 4.78 is 15.1. The summed E-state index contributed by atoms with van der Waals surface area (Å²) in [6.45, 7) is 1.81.